The van der Waals surface area contributed by atoms with Crippen LogP contribution in [0.3, 0.4) is 0 Å². The Morgan fingerprint density at radius 3 is 2.60 bits per heavy atom. The van der Waals surface area contributed by atoms with Crippen molar-refractivity contribution >= 4 is 27.6 Å². The number of alkyl halides is 1. The normalized spacial score (nSPS) is 11.3. The summed E-state index contributed by atoms with van der Waals surface area (Å²) in [5, 5.41) is 6.07. The van der Waals surface area contributed by atoms with Crippen LogP contribution >= 0.6 is 11.6 Å². The first kappa shape index (κ1) is 14.6. The van der Waals surface area contributed by atoms with Crippen LogP contribution in [0.5, 0.6) is 6.01 Å². The van der Waals surface area contributed by atoms with Crippen LogP contribution in [-0.4, -0.2) is 36.6 Å². The van der Waals surface area contributed by atoms with Crippen molar-refractivity contribution < 1.29 is 13.2 Å². The largest absolute Gasteiger partial charge is 0.466 e. The van der Waals surface area contributed by atoms with Crippen molar-refractivity contribution in [1.82, 2.24) is 15.2 Å². The molecule has 2 aromatic rings. The van der Waals surface area contributed by atoms with E-state index in [4.69, 9.17) is 16.3 Å². The number of hydrogen-bond donors (Lipinski definition) is 2. The molecule has 9 heteroatoms. The zero-order chi connectivity index (χ0) is 14.6. The van der Waals surface area contributed by atoms with Gasteiger partial charge in [0.25, 0.3) is 10.0 Å². The number of benzene rings is 1. The predicted octanol–water partition coefficient (Wildman–Crippen LogP) is 1.40. The number of methoxy groups -OCH3 is 1. The van der Waals surface area contributed by atoms with E-state index in [2.05, 4.69) is 19.9 Å². The molecule has 0 radical (unpaired) electrons. The molecule has 0 aliphatic heterocycles. The summed E-state index contributed by atoms with van der Waals surface area (Å²) < 4.78 is 31.2. The Hall–Kier alpha value is -1.80. The average Bonchev–Trinajstić information content (AvgIpc) is 2.87. The van der Waals surface area contributed by atoms with E-state index in [0.29, 0.717) is 12.3 Å². The molecule has 0 aliphatic carbocycles. The number of nitrogens with zero attached hydrogens (tertiary/aromatic N) is 2. The highest BCUT2D eigenvalue weighted by Crippen LogP contribution is 2.15. The first-order valence-electron chi connectivity index (χ1n) is 5.69. The Morgan fingerprint density at radius 1 is 1.35 bits per heavy atom. The summed E-state index contributed by atoms with van der Waals surface area (Å²) in [5.74, 6) is 0.481. The van der Waals surface area contributed by atoms with Gasteiger partial charge in [0.2, 0.25) is 5.95 Å². The summed E-state index contributed by atoms with van der Waals surface area (Å²) in [6, 6.07) is 6.52. The van der Waals surface area contributed by atoms with E-state index < -0.39 is 10.0 Å². The molecular weight excluding hydrogens is 304 g/mol. The lowest BCUT2D eigenvalue weighted by Gasteiger charge is -2.05. The summed E-state index contributed by atoms with van der Waals surface area (Å²) in [7, 11) is -2.33. The summed E-state index contributed by atoms with van der Waals surface area (Å²) >= 11 is 5.63. The fourth-order valence-corrected chi connectivity index (χ4v) is 2.69. The molecule has 0 spiro atoms. The Morgan fingerprint density at radius 2 is 2.05 bits per heavy atom. The highest BCUT2D eigenvalue weighted by atomic mass is 35.5. The van der Waals surface area contributed by atoms with E-state index in [9.17, 15) is 8.42 Å². The van der Waals surface area contributed by atoms with Crippen molar-refractivity contribution in [3.8, 4) is 6.01 Å². The van der Waals surface area contributed by atoms with Gasteiger partial charge in [-0.1, -0.05) is 12.1 Å². The van der Waals surface area contributed by atoms with Gasteiger partial charge in [-0.25, -0.2) is 18.2 Å². The lowest BCUT2D eigenvalue weighted by molar-refractivity contribution is 0.382. The maximum atomic E-state index is 12.1. The number of aryl methyl sites for hydroxylation is 1. The van der Waals surface area contributed by atoms with Crippen molar-refractivity contribution in [1.29, 1.82) is 0 Å². The van der Waals surface area contributed by atoms with E-state index in [0.717, 1.165) is 5.56 Å². The molecule has 20 heavy (non-hydrogen) atoms. The predicted molar refractivity (Wildman–Crippen MR) is 74.6 cm³/mol. The lowest BCUT2D eigenvalue weighted by atomic mass is 10.2. The molecule has 2 rings (SSSR count). The quantitative estimate of drug-likeness (QED) is 0.785. The Balaban J connectivity index is 2.17. The highest BCUT2D eigenvalue weighted by Gasteiger charge is 2.16. The number of rotatable bonds is 6. The molecule has 0 bridgehead atoms. The fourth-order valence-electron chi connectivity index (χ4n) is 1.51. The van der Waals surface area contributed by atoms with Gasteiger partial charge in [0.05, 0.1) is 12.0 Å². The van der Waals surface area contributed by atoms with Gasteiger partial charge < -0.3 is 4.74 Å². The van der Waals surface area contributed by atoms with Crippen LogP contribution in [0.2, 0.25) is 0 Å². The van der Waals surface area contributed by atoms with Gasteiger partial charge >= 0.3 is 6.01 Å². The highest BCUT2D eigenvalue weighted by molar-refractivity contribution is 7.92. The number of anilines is 1. The van der Waals surface area contributed by atoms with Crippen molar-refractivity contribution in [2.75, 3.05) is 17.7 Å². The van der Waals surface area contributed by atoms with E-state index >= 15 is 0 Å². The van der Waals surface area contributed by atoms with Crippen LogP contribution in [0.1, 0.15) is 5.56 Å². The van der Waals surface area contributed by atoms with E-state index in [1.165, 1.54) is 19.2 Å². The molecule has 0 saturated carbocycles. The molecular formula is C11H13ClN4O3S. The lowest BCUT2D eigenvalue weighted by Crippen LogP contribution is -2.14. The number of aromatic amines is 1. The van der Waals surface area contributed by atoms with Gasteiger partial charge in [-0.3, -0.25) is 0 Å². The van der Waals surface area contributed by atoms with Crippen LogP contribution in [0.25, 0.3) is 0 Å². The molecule has 7 nitrogen and oxygen atoms in total. The Bertz CT molecular complexity index is 669. The smallest absolute Gasteiger partial charge is 0.336 e. The number of H-pyrrole nitrogens is 1. The number of sulfonamides is 1. The Kier molecular flexibility index (Phi) is 4.46. The summed E-state index contributed by atoms with van der Waals surface area (Å²) in [6.45, 7) is 0. The summed E-state index contributed by atoms with van der Waals surface area (Å²) in [6.07, 6.45) is 0.689. The molecule has 0 saturated heterocycles. The average molecular weight is 317 g/mol. The second-order valence-corrected chi connectivity index (χ2v) is 5.92. The molecule has 1 aromatic heterocycles. The van der Waals surface area contributed by atoms with Crippen LogP contribution < -0.4 is 9.46 Å². The third-order valence-corrected chi connectivity index (χ3v) is 4.04. The molecule has 0 unspecified atom stereocenters. The molecule has 0 amide bonds. The second-order valence-electron chi connectivity index (χ2n) is 3.86. The molecule has 0 aliphatic rings. The number of hydrogen-bond acceptors (Lipinski definition) is 5. The molecule has 0 fully saturated rings. The van der Waals surface area contributed by atoms with Crippen molar-refractivity contribution in [3.63, 3.8) is 0 Å². The van der Waals surface area contributed by atoms with Gasteiger partial charge in [-0.05, 0) is 24.1 Å². The van der Waals surface area contributed by atoms with E-state index in [1.807, 2.05) is 0 Å². The first-order valence-corrected chi connectivity index (χ1v) is 7.71. The molecule has 2 N–H and O–H groups in total. The van der Waals surface area contributed by atoms with Gasteiger partial charge in [0, 0.05) is 5.88 Å². The minimum absolute atomic E-state index is 0.00770. The SMILES string of the molecule is COc1n[nH]c(NS(=O)(=O)c2ccc(CCCl)cc2)n1. The third-order valence-electron chi connectivity index (χ3n) is 2.50. The molecule has 1 aromatic carbocycles. The fraction of sp³-hybridized carbons (Fsp3) is 0.273. The van der Waals surface area contributed by atoms with Crippen molar-refractivity contribution in [2.24, 2.45) is 0 Å². The molecule has 108 valence electrons. The van der Waals surface area contributed by atoms with Gasteiger partial charge in [0.1, 0.15) is 0 Å². The van der Waals surface area contributed by atoms with Gasteiger partial charge in [0.15, 0.2) is 0 Å². The topological polar surface area (TPSA) is 97.0 Å². The number of nitrogens with one attached hydrogen (secondary N) is 2. The first-order chi connectivity index (χ1) is 9.55. The van der Waals surface area contributed by atoms with Crippen LogP contribution in [0.15, 0.2) is 29.2 Å². The minimum atomic E-state index is -3.71. The van der Waals surface area contributed by atoms with Crippen LogP contribution in [-0.2, 0) is 16.4 Å². The molecule has 0 atom stereocenters. The second kappa shape index (κ2) is 6.10. The van der Waals surface area contributed by atoms with E-state index in [1.54, 1.807) is 12.1 Å². The van der Waals surface area contributed by atoms with Gasteiger partial charge in [-0.15, -0.1) is 16.7 Å². The van der Waals surface area contributed by atoms with Crippen LogP contribution in [0.4, 0.5) is 5.95 Å². The van der Waals surface area contributed by atoms with Crippen molar-refractivity contribution in [2.45, 2.75) is 11.3 Å². The molecule has 1 heterocycles. The monoisotopic (exact) mass is 316 g/mol. The Labute approximate surface area is 121 Å². The minimum Gasteiger partial charge on any atom is -0.466 e. The van der Waals surface area contributed by atoms with Crippen molar-refractivity contribution in [3.05, 3.63) is 29.8 Å². The summed E-state index contributed by atoms with van der Waals surface area (Å²) in [4.78, 5) is 3.92. The number of halogens is 1. The van der Waals surface area contributed by atoms with Gasteiger partial charge in [-0.2, -0.15) is 4.98 Å². The summed E-state index contributed by atoms with van der Waals surface area (Å²) in [5.41, 5.74) is 0.972. The third kappa shape index (κ3) is 3.40. The maximum Gasteiger partial charge on any atom is 0.336 e. The number of ether oxygens (including phenoxy) is 1. The number of aromatic nitrogens is 3. The maximum absolute atomic E-state index is 12.1. The zero-order valence-electron chi connectivity index (χ0n) is 10.6. The van der Waals surface area contributed by atoms with Crippen LogP contribution in [0, 0.1) is 0 Å². The van der Waals surface area contributed by atoms with E-state index in [-0.39, 0.29) is 16.9 Å². The standard InChI is InChI=1S/C11H13ClN4O3S/c1-19-11-13-10(14-15-11)16-20(17,18)9-4-2-8(3-5-9)6-7-12/h2-5H,6-7H2,1H3,(H2,13,14,15,16). The zero-order valence-corrected chi connectivity index (χ0v) is 12.2.